The summed E-state index contributed by atoms with van der Waals surface area (Å²) in [5.41, 5.74) is 3.18. The third-order valence-electron chi connectivity index (χ3n) is 3.14. The number of phenols is 1. The van der Waals surface area contributed by atoms with Crippen molar-refractivity contribution in [1.29, 1.82) is 5.26 Å². The fourth-order valence-electron chi connectivity index (χ4n) is 2.02. The SMILES string of the molecule is CCOc1cc(/C=C(/C#N)c2ccc(C)cc2)cc(Cl)c1O. The zero-order chi connectivity index (χ0) is 16.1. The van der Waals surface area contributed by atoms with Crippen LogP contribution in [-0.4, -0.2) is 11.7 Å². The Balaban J connectivity index is 2.46. The van der Waals surface area contributed by atoms with Gasteiger partial charge in [-0.15, -0.1) is 0 Å². The van der Waals surface area contributed by atoms with Crippen molar-refractivity contribution in [3.8, 4) is 17.6 Å². The van der Waals surface area contributed by atoms with Crippen molar-refractivity contribution in [1.82, 2.24) is 0 Å². The number of aromatic hydroxyl groups is 1. The molecule has 1 N–H and O–H groups in total. The second kappa shape index (κ2) is 7.02. The lowest BCUT2D eigenvalue weighted by Gasteiger charge is -2.09. The van der Waals surface area contributed by atoms with Crippen LogP contribution >= 0.6 is 11.6 Å². The zero-order valence-electron chi connectivity index (χ0n) is 12.4. The van der Waals surface area contributed by atoms with Gasteiger partial charge in [-0.1, -0.05) is 41.4 Å². The normalized spacial score (nSPS) is 11.1. The molecule has 0 saturated carbocycles. The van der Waals surface area contributed by atoms with Gasteiger partial charge in [0, 0.05) is 0 Å². The molecule has 0 aliphatic rings. The van der Waals surface area contributed by atoms with Crippen LogP contribution in [-0.2, 0) is 0 Å². The summed E-state index contributed by atoms with van der Waals surface area (Å²) in [5, 5.41) is 19.4. The Bertz CT molecular complexity index is 743. The Morgan fingerprint density at radius 1 is 1.32 bits per heavy atom. The van der Waals surface area contributed by atoms with Gasteiger partial charge in [0.05, 0.1) is 23.3 Å². The highest BCUT2D eigenvalue weighted by Crippen LogP contribution is 2.36. The molecule has 0 aliphatic heterocycles. The van der Waals surface area contributed by atoms with Gasteiger partial charge in [0.25, 0.3) is 0 Å². The third kappa shape index (κ3) is 3.60. The minimum atomic E-state index is -0.0884. The summed E-state index contributed by atoms with van der Waals surface area (Å²) in [6.07, 6.45) is 1.72. The van der Waals surface area contributed by atoms with E-state index in [2.05, 4.69) is 6.07 Å². The molecule has 0 aromatic heterocycles. The molecule has 0 saturated heterocycles. The second-order valence-corrected chi connectivity index (χ2v) is 5.23. The molecule has 4 heteroatoms. The summed E-state index contributed by atoms with van der Waals surface area (Å²) in [4.78, 5) is 0. The number of benzene rings is 2. The fourth-order valence-corrected chi connectivity index (χ4v) is 2.24. The summed E-state index contributed by atoms with van der Waals surface area (Å²) in [6, 6.07) is 13.2. The van der Waals surface area contributed by atoms with Crippen molar-refractivity contribution in [2.24, 2.45) is 0 Å². The lowest BCUT2D eigenvalue weighted by molar-refractivity contribution is 0.318. The quantitative estimate of drug-likeness (QED) is 0.650. The van der Waals surface area contributed by atoms with Crippen LogP contribution in [0.4, 0.5) is 0 Å². The maximum atomic E-state index is 9.85. The number of nitrogens with zero attached hydrogens (tertiary/aromatic N) is 1. The average molecular weight is 314 g/mol. The van der Waals surface area contributed by atoms with E-state index >= 15 is 0 Å². The van der Waals surface area contributed by atoms with Gasteiger partial charge in [0.1, 0.15) is 0 Å². The lowest BCUT2D eigenvalue weighted by Crippen LogP contribution is -1.93. The van der Waals surface area contributed by atoms with E-state index < -0.39 is 0 Å². The second-order valence-electron chi connectivity index (χ2n) is 4.82. The number of rotatable bonds is 4. The van der Waals surface area contributed by atoms with Crippen LogP contribution in [0.15, 0.2) is 36.4 Å². The molecule has 2 rings (SSSR count). The van der Waals surface area contributed by atoms with E-state index in [9.17, 15) is 10.4 Å². The van der Waals surface area contributed by atoms with E-state index in [-0.39, 0.29) is 10.8 Å². The first-order valence-electron chi connectivity index (χ1n) is 6.89. The number of phenolic OH excluding ortho intramolecular Hbond substituents is 1. The minimum Gasteiger partial charge on any atom is -0.503 e. The van der Waals surface area contributed by atoms with Gasteiger partial charge in [-0.25, -0.2) is 0 Å². The van der Waals surface area contributed by atoms with Crippen LogP contribution < -0.4 is 4.74 Å². The maximum absolute atomic E-state index is 9.85. The number of halogens is 1. The average Bonchev–Trinajstić information content (AvgIpc) is 2.51. The Kier molecular flexibility index (Phi) is 5.08. The van der Waals surface area contributed by atoms with Crippen LogP contribution in [0.3, 0.4) is 0 Å². The number of nitriles is 1. The fraction of sp³-hybridized carbons (Fsp3) is 0.167. The smallest absolute Gasteiger partial charge is 0.176 e. The molecular weight excluding hydrogens is 298 g/mol. The summed E-state index contributed by atoms with van der Waals surface area (Å²) in [7, 11) is 0. The molecule has 0 unspecified atom stereocenters. The maximum Gasteiger partial charge on any atom is 0.176 e. The number of hydrogen-bond acceptors (Lipinski definition) is 3. The van der Waals surface area contributed by atoms with Gasteiger partial charge >= 0.3 is 0 Å². The molecule has 2 aromatic rings. The van der Waals surface area contributed by atoms with Gasteiger partial charge in [-0.2, -0.15) is 5.26 Å². The van der Waals surface area contributed by atoms with Crippen molar-refractivity contribution < 1.29 is 9.84 Å². The number of allylic oxidation sites excluding steroid dienone is 1. The molecule has 0 bridgehead atoms. The molecule has 0 heterocycles. The van der Waals surface area contributed by atoms with E-state index in [1.807, 2.05) is 38.1 Å². The number of ether oxygens (including phenoxy) is 1. The van der Waals surface area contributed by atoms with Crippen molar-refractivity contribution in [2.75, 3.05) is 6.61 Å². The molecule has 0 radical (unpaired) electrons. The largest absolute Gasteiger partial charge is 0.503 e. The van der Waals surface area contributed by atoms with E-state index in [0.29, 0.717) is 23.5 Å². The topological polar surface area (TPSA) is 53.2 Å². The molecule has 112 valence electrons. The van der Waals surface area contributed by atoms with Crippen molar-refractivity contribution >= 4 is 23.3 Å². The third-order valence-corrected chi connectivity index (χ3v) is 3.43. The molecular formula is C18H16ClNO2. The standard InChI is InChI=1S/C18H16ClNO2/c1-3-22-17-10-13(9-16(19)18(17)21)8-15(11-20)14-6-4-12(2)5-7-14/h4-10,21H,3H2,1-2H3/b15-8-. The first kappa shape index (κ1) is 15.9. The molecule has 0 spiro atoms. The zero-order valence-corrected chi connectivity index (χ0v) is 13.2. The van der Waals surface area contributed by atoms with Crippen molar-refractivity contribution in [2.45, 2.75) is 13.8 Å². The Labute approximate surface area is 135 Å². The first-order chi connectivity index (χ1) is 10.5. The summed E-state index contributed by atoms with van der Waals surface area (Å²) in [6.45, 7) is 4.23. The Hall–Kier alpha value is -2.44. The van der Waals surface area contributed by atoms with E-state index in [1.54, 1.807) is 18.2 Å². The molecule has 22 heavy (non-hydrogen) atoms. The van der Waals surface area contributed by atoms with Gasteiger partial charge < -0.3 is 9.84 Å². The number of aryl methyl sites for hydroxylation is 1. The van der Waals surface area contributed by atoms with Crippen LogP contribution in [0.2, 0.25) is 5.02 Å². The minimum absolute atomic E-state index is 0.0884. The van der Waals surface area contributed by atoms with Gasteiger partial charge in [-0.3, -0.25) is 0 Å². The van der Waals surface area contributed by atoms with Crippen LogP contribution in [0.25, 0.3) is 11.6 Å². The van der Waals surface area contributed by atoms with E-state index in [1.165, 1.54) is 0 Å². The highest BCUT2D eigenvalue weighted by atomic mass is 35.5. The summed E-state index contributed by atoms with van der Waals surface area (Å²) in [5.74, 6) is 0.219. The molecule has 0 atom stereocenters. The molecule has 3 nitrogen and oxygen atoms in total. The Morgan fingerprint density at radius 3 is 2.59 bits per heavy atom. The predicted molar refractivity (Wildman–Crippen MR) is 88.9 cm³/mol. The van der Waals surface area contributed by atoms with Gasteiger partial charge in [0.2, 0.25) is 0 Å². The lowest BCUT2D eigenvalue weighted by atomic mass is 10.0. The first-order valence-corrected chi connectivity index (χ1v) is 7.27. The van der Waals surface area contributed by atoms with Gasteiger partial charge in [-0.05, 0) is 43.2 Å². The van der Waals surface area contributed by atoms with Crippen molar-refractivity contribution in [3.63, 3.8) is 0 Å². The Morgan fingerprint density at radius 2 is 2.00 bits per heavy atom. The highest BCUT2D eigenvalue weighted by Gasteiger charge is 2.09. The van der Waals surface area contributed by atoms with Crippen LogP contribution in [0, 0.1) is 18.3 Å². The summed E-state index contributed by atoms with van der Waals surface area (Å²) >= 11 is 6.01. The van der Waals surface area contributed by atoms with Gasteiger partial charge in [0.15, 0.2) is 11.5 Å². The summed E-state index contributed by atoms with van der Waals surface area (Å²) < 4.78 is 5.35. The highest BCUT2D eigenvalue weighted by molar-refractivity contribution is 6.32. The van der Waals surface area contributed by atoms with Crippen molar-refractivity contribution in [3.05, 3.63) is 58.1 Å². The molecule has 2 aromatic carbocycles. The monoisotopic (exact) mass is 313 g/mol. The van der Waals surface area contributed by atoms with Crippen LogP contribution in [0.1, 0.15) is 23.6 Å². The van der Waals surface area contributed by atoms with E-state index in [4.69, 9.17) is 16.3 Å². The van der Waals surface area contributed by atoms with E-state index in [0.717, 1.165) is 11.1 Å². The molecule has 0 amide bonds. The predicted octanol–water partition coefficient (Wildman–Crippen LogP) is 4.82. The number of hydrogen-bond donors (Lipinski definition) is 1. The molecule has 0 aliphatic carbocycles. The molecule has 0 fully saturated rings. The van der Waals surface area contributed by atoms with Crippen LogP contribution in [0.5, 0.6) is 11.5 Å².